The van der Waals surface area contributed by atoms with Crippen LogP contribution in [0.1, 0.15) is 29.6 Å². The molecular weight excluding hydrogens is 282 g/mol. The first-order valence-electron chi connectivity index (χ1n) is 6.19. The van der Waals surface area contributed by atoms with Crippen LogP contribution in [0.2, 0.25) is 0 Å². The Labute approximate surface area is 120 Å². The second-order valence-corrected chi connectivity index (χ2v) is 4.26. The molecule has 1 amide bonds. The molecule has 0 unspecified atom stereocenters. The van der Waals surface area contributed by atoms with Crippen LogP contribution in [0.4, 0.5) is 8.78 Å². The van der Waals surface area contributed by atoms with Crippen LogP contribution in [0.15, 0.2) is 18.2 Å². The number of methoxy groups -OCH3 is 1. The van der Waals surface area contributed by atoms with Crippen LogP contribution in [0.5, 0.6) is 0 Å². The Kier molecular flexibility index (Phi) is 6.27. The fourth-order valence-corrected chi connectivity index (χ4v) is 1.70. The lowest BCUT2D eigenvalue weighted by Gasteiger charge is -2.16. The van der Waals surface area contributed by atoms with Gasteiger partial charge in [0.05, 0.1) is 13.2 Å². The first kappa shape index (κ1) is 16.6. The average Bonchev–Trinajstić information content (AvgIpc) is 2.44. The molecule has 0 radical (unpaired) electrons. The van der Waals surface area contributed by atoms with Gasteiger partial charge in [0.2, 0.25) is 0 Å². The van der Waals surface area contributed by atoms with E-state index in [0.717, 1.165) is 19.2 Å². The Morgan fingerprint density at radius 3 is 2.48 bits per heavy atom. The van der Waals surface area contributed by atoms with E-state index in [-0.39, 0.29) is 18.4 Å². The number of nitrogens with one attached hydrogen (secondary N) is 1. The molecule has 7 heteroatoms. The van der Waals surface area contributed by atoms with Gasteiger partial charge in [0, 0.05) is 18.1 Å². The monoisotopic (exact) mass is 296 g/mol. The Hall–Kier alpha value is -2.49. The largest absolute Gasteiger partial charge is 0.467 e. The zero-order valence-corrected chi connectivity index (χ0v) is 11.4. The maximum atomic E-state index is 13.1. The smallest absolute Gasteiger partial charge is 0.328 e. The van der Waals surface area contributed by atoms with Crippen LogP contribution < -0.4 is 5.32 Å². The summed E-state index contributed by atoms with van der Waals surface area (Å²) in [6, 6.07) is 3.31. The maximum Gasteiger partial charge on any atom is 0.328 e. The van der Waals surface area contributed by atoms with E-state index in [1.165, 1.54) is 0 Å². The molecule has 1 atom stereocenters. The number of hydrogen-bond donors (Lipinski definition) is 1. The molecule has 0 heterocycles. The molecule has 1 aromatic carbocycles. The van der Waals surface area contributed by atoms with Crippen molar-refractivity contribution in [2.75, 3.05) is 7.11 Å². The van der Waals surface area contributed by atoms with Crippen LogP contribution in [0.3, 0.4) is 0 Å². The van der Waals surface area contributed by atoms with E-state index in [0.29, 0.717) is 12.5 Å². The molecule has 0 aliphatic carbocycles. The summed E-state index contributed by atoms with van der Waals surface area (Å²) in [6.07, 6.45) is 0.801. The third-order valence-corrected chi connectivity index (χ3v) is 2.70. The van der Waals surface area contributed by atoms with Crippen molar-refractivity contribution in [2.45, 2.75) is 25.3 Å². The number of halogens is 2. The van der Waals surface area contributed by atoms with Gasteiger partial charge in [0.25, 0.3) is 5.91 Å². The molecule has 0 saturated heterocycles. The Balaban J connectivity index is 2.79. The van der Waals surface area contributed by atoms with Gasteiger partial charge in [0.1, 0.15) is 17.7 Å². The van der Waals surface area contributed by atoms with Crippen molar-refractivity contribution in [3.63, 3.8) is 0 Å². The fraction of sp³-hybridized carbons (Fsp3) is 0.357. The van der Waals surface area contributed by atoms with Gasteiger partial charge in [-0.25, -0.2) is 13.6 Å². The van der Waals surface area contributed by atoms with Crippen molar-refractivity contribution in [1.29, 1.82) is 5.26 Å². The number of amides is 1. The highest BCUT2D eigenvalue weighted by Crippen LogP contribution is 2.09. The minimum Gasteiger partial charge on any atom is -0.467 e. The van der Waals surface area contributed by atoms with Crippen LogP contribution in [0, 0.1) is 23.0 Å². The van der Waals surface area contributed by atoms with Gasteiger partial charge in [0.15, 0.2) is 0 Å². The van der Waals surface area contributed by atoms with E-state index in [1.54, 1.807) is 0 Å². The molecule has 1 N–H and O–H groups in total. The minimum absolute atomic E-state index is 0.198. The van der Waals surface area contributed by atoms with Gasteiger partial charge >= 0.3 is 5.97 Å². The summed E-state index contributed by atoms with van der Waals surface area (Å²) in [5.74, 6) is -3.25. The summed E-state index contributed by atoms with van der Waals surface area (Å²) in [5, 5.41) is 10.8. The molecule has 0 fully saturated rings. The number of ether oxygens (including phenoxy) is 1. The summed E-state index contributed by atoms with van der Waals surface area (Å²) < 4.78 is 30.6. The summed E-state index contributed by atoms with van der Waals surface area (Å²) in [4.78, 5) is 23.4. The minimum atomic E-state index is -0.970. The number of benzene rings is 1. The molecule has 0 saturated carbocycles. The lowest BCUT2D eigenvalue weighted by molar-refractivity contribution is -0.143. The highest BCUT2D eigenvalue weighted by Gasteiger charge is 2.22. The fourth-order valence-electron chi connectivity index (χ4n) is 1.70. The number of carbonyl (C=O) groups is 2. The Morgan fingerprint density at radius 2 is 1.95 bits per heavy atom. The summed E-state index contributed by atoms with van der Waals surface area (Å²) in [7, 11) is 1.16. The second kappa shape index (κ2) is 7.94. The van der Waals surface area contributed by atoms with E-state index in [2.05, 4.69) is 10.1 Å². The lowest BCUT2D eigenvalue weighted by Crippen LogP contribution is -2.41. The van der Waals surface area contributed by atoms with Crippen LogP contribution in [-0.4, -0.2) is 25.0 Å². The number of nitriles is 1. The highest BCUT2D eigenvalue weighted by atomic mass is 19.1. The predicted molar refractivity (Wildman–Crippen MR) is 69.1 cm³/mol. The topological polar surface area (TPSA) is 79.2 Å². The van der Waals surface area contributed by atoms with Gasteiger partial charge in [-0.05, 0) is 25.0 Å². The highest BCUT2D eigenvalue weighted by molar-refractivity contribution is 5.96. The Bertz CT molecular complexity index is 550. The zero-order valence-electron chi connectivity index (χ0n) is 11.4. The van der Waals surface area contributed by atoms with E-state index in [9.17, 15) is 18.4 Å². The molecule has 0 spiro atoms. The molecule has 5 nitrogen and oxygen atoms in total. The van der Waals surface area contributed by atoms with Crippen molar-refractivity contribution in [1.82, 2.24) is 5.32 Å². The second-order valence-electron chi connectivity index (χ2n) is 4.26. The molecular formula is C14H14F2N2O3. The van der Waals surface area contributed by atoms with Gasteiger partial charge < -0.3 is 10.1 Å². The molecule has 21 heavy (non-hydrogen) atoms. The first-order chi connectivity index (χ1) is 9.97. The quantitative estimate of drug-likeness (QED) is 0.642. The molecule has 112 valence electrons. The number of hydrogen-bond acceptors (Lipinski definition) is 4. The summed E-state index contributed by atoms with van der Waals surface area (Å²) in [6.45, 7) is 0. The number of carbonyl (C=O) groups excluding carboxylic acids is 2. The molecule has 0 aliphatic heterocycles. The normalized spacial score (nSPS) is 11.3. The number of rotatable bonds is 6. The lowest BCUT2D eigenvalue weighted by atomic mass is 10.1. The van der Waals surface area contributed by atoms with Gasteiger partial charge in [-0.15, -0.1) is 0 Å². The molecule has 0 bridgehead atoms. The van der Waals surface area contributed by atoms with Crippen molar-refractivity contribution >= 4 is 11.9 Å². The molecule has 0 aliphatic rings. The van der Waals surface area contributed by atoms with Crippen LogP contribution >= 0.6 is 0 Å². The molecule has 1 aromatic rings. The van der Waals surface area contributed by atoms with E-state index in [4.69, 9.17) is 5.26 Å². The van der Waals surface area contributed by atoms with Gasteiger partial charge in [-0.3, -0.25) is 4.79 Å². The summed E-state index contributed by atoms with van der Waals surface area (Å²) in [5.41, 5.74) is -0.235. The molecule has 0 aromatic heterocycles. The standard InChI is InChI=1S/C14H14F2N2O3/c1-21-14(20)12(4-2-3-5-17)18-13(19)9-6-10(15)8-11(16)7-9/h6-8,12H,2-4H2,1H3,(H,18,19)/t12-/m1/s1. The third-order valence-electron chi connectivity index (χ3n) is 2.70. The Morgan fingerprint density at radius 1 is 1.33 bits per heavy atom. The first-order valence-corrected chi connectivity index (χ1v) is 6.19. The predicted octanol–water partition coefficient (Wildman–Crippen LogP) is 1.93. The number of nitrogens with zero attached hydrogens (tertiary/aromatic N) is 1. The third kappa shape index (κ3) is 5.18. The van der Waals surface area contributed by atoms with Gasteiger partial charge in [-0.1, -0.05) is 0 Å². The van der Waals surface area contributed by atoms with E-state index in [1.807, 2.05) is 6.07 Å². The maximum absolute atomic E-state index is 13.1. The average molecular weight is 296 g/mol. The SMILES string of the molecule is COC(=O)[C@@H](CCCC#N)NC(=O)c1cc(F)cc(F)c1. The number of esters is 1. The van der Waals surface area contributed by atoms with Crippen molar-refractivity contribution in [3.05, 3.63) is 35.4 Å². The van der Waals surface area contributed by atoms with Crippen molar-refractivity contribution < 1.29 is 23.1 Å². The van der Waals surface area contributed by atoms with E-state index < -0.39 is 29.6 Å². The zero-order chi connectivity index (χ0) is 15.8. The summed E-state index contributed by atoms with van der Waals surface area (Å²) >= 11 is 0. The molecule has 1 rings (SSSR count). The van der Waals surface area contributed by atoms with Crippen LogP contribution in [0.25, 0.3) is 0 Å². The van der Waals surface area contributed by atoms with Crippen molar-refractivity contribution in [3.8, 4) is 6.07 Å². The number of unbranched alkanes of at least 4 members (excludes halogenated alkanes) is 1. The van der Waals surface area contributed by atoms with E-state index >= 15 is 0 Å². The van der Waals surface area contributed by atoms with Crippen molar-refractivity contribution in [2.24, 2.45) is 0 Å². The van der Waals surface area contributed by atoms with Crippen LogP contribution in [-0.2, 0) is 9.53 Å². The van der Waals surface area contributed by atoms with Gasteiger partial charge in [-0.2, -0.15) is 5.26 Å².